The maximum absolute atomic E-state index is 4.43. The molecule has 0 aliphatic rings. The van der Waals surface area contributed by atoms with E-state index in [9.17, 15) is 0 Å². The molecule has 0 aromatic carbocycles. The number of nitrogens with one attached hydrogen (secondary N) is 1. The van der Waals surface area contributed by atoms with Crippen LogP contribution in [0.3, 0.4) is 0 Å². The summed E-state index contributed by atoms with van der Waals surface area (Å²) in [5.41, 5.74) is 4.33. The van der Waals surface area contributed by atoms with Crippen LogP contribution in [-0.2, 0) is 0 Å². The Morgan fingerprint density at radius 3 is 2.54 bits per heavy atom. The SMILES string of the molecule is Cc1csc(-c2c(C)n[nH]c2C)n1. The summed E-state index contributed by atoms with van der Waals surface area (Å²) in [7, 11) is 0. The quantitative estimate of drug-likeness (QED) is 0.755. The number of aryl methyl sites for hydroxylation is 3. The monoisotopic (exact) mass is 193 g/mol. The van der Waals surface area contributed by atoms with E-state index in [4.69, 9.17) is 0 Å². The Balaban J connectivity index is 2.57. The van der Waals surface area contributed by atoms with Crippen molar-refractivity contribution in [1.82, 2.24) is 15.2 Å². The van der Waals surface area contributed by atoms with Gasteiger partial charge in [-0.1, -0.05) is 0 Å². The van der Waals surface area contributed by atoms with Crippen LogP contribution in [0.5, 0.6) is 0 Å². The number of hydrogen-bond acceptors (Lipinski definition) is 3. The molecule has 0 radical (unpaired) electrons. The van der Waals surface area contributed by atoms with Crippen molar-refractivity contribution in [1.29, 1.82) is 0 Å². The van der Waals surface area contributed by atoms with Gasteiger partial charge in [-0.2, -0.15) is 5.10 Å². The summed E-state index contributed by atoms with van der Waals surface area (Å²) < 4.78 is 0. The second-order valence-corrected chi connectivity index (χ2v) is 3.96. The molecule has 0 unspecified atom stereocenters. The van der Waals surface area contributed by atoms with Crippen molar-refractivity contribution in [2.75, 3.05) is 0 Å². The molecule has 2 aromatic rings. The molecule has 0 atom stereocenters. The molecule has 2 rings (SSSR count). The third-order valence-corrected chi connectivity index (χ3v) is 2.94. The summed E-state index contributed by atoms with van der Waals surface area (Å²) in [4.78, 5) is 4.43. The van der Waals surface area contributed by atoms with E-state index < -0.39 is 0 Å². The first-order valence-electron chi connectivity index (χ1n) is 4.12. The van der Waals surface area contributed by atoms with Gasteiger partial charge in [0.2, 0.25) is 0 Å². The lowest BCUT2D eigenvalue weighted by molar-refractivity contribution is 1.02. The van der Waals surface area contributed by atoms with E-state index in [-0.39, 0.29) is 0 Å². The van der Waals surface area contributed by atoms with E-state index in [1.165, 1.54) is 0 Å². The van der Waals surface area contributed by atoms with E-state index in [1.807, 2.05) is 20.8 Å². The van der Waals surface area contributed by atoms with Crippen molar-refractivity contribution in [3.63, 3.8) is 0 Å². The normalized spacial score (nSPS) is 10.7. The minimum absolute atomic E-state index is 1.02. The Bertz CT molecular complexity index is 408. The van der Waals surface area contributed by atoms with E-state index in [1.54, 1.807) is 11.3 Å². The molecule has 0 aliphatic heterocycles. The Kier molecular flexibility index (Phi) is 1.92. The standard InChI is InChI=1S/C9H11N3S/c1-5-4-13-9(10-5)8-6(2)11-12-7(8)3/h4H,1-3H3,(H,11,12). The number of rotatable bonds is 1. The number of aromatic amines is 1. The van der Waals surface area contributed by atoms with Crippen molar-refractivity contribution in [3.05, 3.63) is 22.5 Å². The third-order valence-electron chi connectivity index (χ3n) is 1.96. The minimum Gasteiger partial charge on any atom is -0.282 e. The molecule has 2 aromatic heterocycles. The highest BCUT2D eigenvalue weighted by molar-refractivity contribution is 7.13. The second-order valence-electron chi connectivity index (χ2n) is 3.10. The van der Waals surface area contributed by atoms with Crippen LogP contribution in [0.15, 0.2) is 5.38 Å². The molecule has 0 bridgehead atoms. The van der Waals surface area contributed by atoms with E-state index >= 15 is 0 Å². The fourth-order valence-corrected chi connectivity index (χ4v) is 2.29. The summed E-state index contributed by atoms with van der Waals surface area (Å²) in [5.74, 6) is 0. The lowest BCUT2D eigenvalue weighted by atomic mass is 10.2. The van der Waals surface area contributed by atoms with Crippen LogP contribution in [0.2, 0.25) is 0 Å². The smallest absolute Gasteiger partial charge is 0.127 e. The van der Waals surface area contributed by atoms with Crippen molar-refractivity contribution in [2.24, 2.45) is 0 Å². The number of aromatic nitrogens is 3. The van der Waals surface area contributed by atoms with Gasteiger partial charge in [0.25, 0.3) is 0 Å². The van der Waals surface area contributed by atoms with Gasteiger partial charge in [0.1, 0.15) is 5.01 Å². The highest BCUT2D eigenvalue weighted by Gasteiger charge is 2.11. The Hall–Kier alpha value is -1.16. The first-order chi connectivity index (χ1) is 6.18. The number of thiazole rings is 1. The van der Waals surface area contributed by atoms with Crippen LogP contribution in [0.25, 0.3) is 10.6 Å². The zero-order valence-electron chi connectivity index (χ0n) is 7.88. The summed E-state index contributed by atoms with van der Waals surface area (Å²) in [6, 6.07) is 0. The Labute approximate surface area is 80.8 Å². The topological polar surface area (TPSA) is 41.6 Å². The molecule has 0 saturated carbocycles. The van der Waals surface area contributed by atoms with Crippen molar-refractivity contribution in [3.8, 4) is 10.6 Å². The minimum atomic E-state index is 1.02. The lowest BCUT2D eigenvalue weighted by Crippen LogP contribution is -1.80. The molecule has 13 heavy (non-hydrogen) atoms. The van der Waals surface area contributed by atoms with Crippen LogP contribution in [-0.4, -0.2) is 15.2 Å². The van der Waals surface area contributed by atoms with Gasteiger partial charge < -0.3 is 0 Å². The number of nitrogens with zero attached hydrogens (tertiary/aromatic N) is 2. The molecular weight excluding hydrogens is 182 g/mol. The first kappa shape index (κ1) is 8.44. The zero-order valence-corrected chi connectivity index (χ0v) is 8.70. The third kappa shape index (κ3) is 1.37. The van der Waals surface area contributed by atoms with Gasteiger partial charge >= 0.3 is 0 Å². The molecule has 0 fully saturated rings. The van der Waals surface area contributed by atoms with Gasteiger partial charge in [-0.05, 0) is 20.8 Å². The zero-order chi connectivity index (χ0) is 9.42. The molecule has 68 valence electrons. The van der Waals surface area contributed by atoms with E-state index in [2.05, 4.69) is 20.6 Å². The van der Waals surface area contributed by atoms with E-state index in [0.29, 0.717) is 0 Å². The van der Waals surface area contributed by atoms with Gasteiger partial charge in [0.05, 0.1) is 11.3 Å². The average Bonchev–Trinajstić information content (AvgIpc) is 2.60. The van der Waals surface area contributed by atoms with Crippen LogP contribution in [0, 0.1) is 20.8 Å². The van der Waals surface area contributed by atoms with Crippen LogP contribution in [0.1, 0.15) is 17.1 Å². The van der Waals surface area contributed by atoms with Crippen molar-refractivity contribution < 1.29 is 0 Å². The predicted octanol–water partition coefficient (Wildman–Crippen LogP) is 2.46. The molecule has 4 heteroatoms. The highest BCUT2D eigenvalue weighted by Crippen LogP contribution is 2.27. The molecule has 3 nitrogen and oxygen atoms in total. The Morgan fingerprint density at radius 1 is 1.31 bits per heavy atom. The van der Waals surface area contributed by atoms with Crippen LogP contribution in [0.4, 0.5) is 0 Å². The maximum atomic E-state index is 4.43. The van der Waals surface area contributed by atoms with Crippen LogP contribution < -0.4 is 0 Å². The molecule has 0 spiro atoms. The van der Waals surface area contributed by atoms with Crippen molar-refractivity contribution >= 4 is 11.3 Å². The fourth-order valence-electron chi connectivity index (χ4n) is 1.33. The summed E-state index contributed by atoms with van der Waals surface area (Å²) in [6.07, 6.45) is 0. The highest BCUT2D eigenvalue weighted by atomic mass is 32.1. The number of hydrogen-bond donors (Lipinski definition) is 1. The summed E-state index contributed by atoms with van der Waals surface area (Å²) in [5, 5.41) is 10.2. The van der Waals surface area contributed by atoms with Gasteiger partial charge in [-0.3, -0.25) is 5.10 Å². The largest absolute Gasteiger partial charge is 0.282 e. The van der Waals surface area contributed by atoms with Gasteiger partial charge in [0.15, 0.2) is 0 Å². The Morgan fingerprint density at radius 2 is 2.08 bits per heavy atom. The summed E-state index contributed by atoms with van der Waals surface area (Å²) in [6.45, 7) is 6.02. The maximum Gasteiger partial charge on any atom is 0.127 e. The fraction of sp³-hybridized carbons (Fsp3) is 0.333. The molecular formula is C9H11N3S. The summed E-state index contributed by atoms with van der Waals surface area (Å²) >= 11 is 1.66. The number of H-pyrrole nitrogens is 1. The second kappa shape index (κ2) is 2.96. The molecule has 0 saturated heterocycles. The van der Waals surface area contributed by atoms with E-state index in [0.717, 1.165) is 27.7 Å². The first-order valence-corrected chi connectivity index (χ1v) is 5.00. The van der Waals surface area contributed by atoms with Crippen molar-refractivity contribution in [2.45, 2.75) is 20.8 Å². The average molecular weight is 193 g/mol. The van der Waals surface area contributed by atoms with Gasteiger partial charge in [0, 0.05) is 16.8 Å². The predicted molar refractivity (Wildman–Crippen MR) is 53.9 cm³/mol. The molecule has 1 N–H and O–H groups in total. The molecule has 2 heterocycles. The molecule has 0 amide bonds. The van der Waals surface area contributed by atoms with Crippen LogP contribution >= 0.6 is 11.3 Å². The van der Waals surface area contributed by atoms with Gasteiger partial charge in [-0.15, -0.1) is 11.3 Å². The molecule has 0 aliphatic carbocycles. The van der Waals surface area contributed by atoms with Gasteiger partial charge in [-0.25, -0.2) is 4.98 Å². The lowest BCUT2D eigenvalue weighted by Gasteiger charge is -1.93.